The molecule has 0 heterocycles. The summed E-state index contributed by atoms with van der Waals surface area (Å²) in [4.78, 5) is 12.4. The minimum atomic E-state index is -4.37. The molecule has 0 bridgehead atoms. The van der Waals surface area contributed by atoms with E-state index in [1.807, 2.05) is 12.2 Å². The van der Waals surface area contributed by atoms with Crippen molar-refractivity contribution in [2.24, 2.45) is 0 Å². The number of carbonyl (C=O) groups is 1. The molecule has 2 atom stereocenters. The largest absolute Gasteiger partial charge is 0.387 e. The summed E-state index contributed by atoms with van der Waals surface area (Å²) in [6.07, 6.45) is 44.1. The molecule has 0 aromatic heterocycles. The van der Waals surface area contributed by atoms with Crippen molar-refractivity contribution in [3.05, 3.63) is 97.2 Å². The zero-order chi connectivity index (χ0) is 31.9. The Morgan fingerprint density at radius 1 is 0.651 bits per heavy atom. The van der Waals surface area contributed by atoms with Gasteiger partial charge in [0.1, 0.15) is 0 Å². The van der Waals surface area contributed by atoms with Crippen molar-refractivity contribution in [2.45, 2.75) is 116 Å². The molecular formula is C36H57NO5S. The van der Waals surface area contributed by atoms with Gasteiger partial charge in [-0.1, -0.05) is 124 Å². The van der Waals surface area contributed by atoms with Gasteiger partial charge >= 0.3 is 0 Å². The predicted octanol–water partition coefficient (Wildman–Crippen LogP) is 8.67. The third-order valence-electron chi connectivity index (χ3n) is 6.26. The molecule has 43 heavy (non-hydrogen) atoms. The monoisotopic (exact) mass is 615 g/mol. The molecule has 0 rings (SSSR count). The van der Waals surface area contributed by atoms with Crippen LogP contribution in [0.2, 0.25) is 0 Å². The molecule has 0 aliphatic rings. The second kappa shape index (κ2) is 29.3. The molecule has 0 radical (unpaired) electrons. The van der Waals surface area contributed by atoms with Crippen molar-refractivity contribution < 1.29 is 22.9 Å². The van der Waals surface area contributed by atoms with Crippen molar-refractivity contribution in [2.75, 3.05) is 5.75 Å². The average molecular weight is 616 g/mol. The van der Waals surface area contributed by atoms with Gasteiger partial charge in [0, 0.05) is 6.42 Å². The number of amides is 1. The Morgan fingerprint density at radius 3 is 1.63 bits per heavy atom. The topological polar surface area (TPSA) is 104 Å². The summed E-state index contributed by atoms with van der Waals surface area (Å²) in [7, 11) is -4.37. The average Bonchev–Trinajstić information content (AvgIpc) is 2.96. The number of unbranched alkanes of at least 4 members (excludes halogenated alkanes) is 4. The molecule has 0 saturated carbocycles. The highest BCUT2D eigenvalue weighted by Crippen LogP contribution is 2.06. The Hall–Kier alpha value is -2.74. The normalized spacial score (nSPS) is 14.8. The molecule has 3 N–H and O–H groups in total. The Morgan fingerprint density at radius 2 is 1.12 bits per heavy atom. The van der Waals surface area contributed by atoms with E-state index in [9.17, 15) is 22.9 Å². The molecule has 0 spiro atoms. The third-order valence-corrected chi connectivity index (χ3v) is 7.04. The highest BCUT2D eigenvalue weighted by atomic mass is 32.2. The number of carbonyl (C=O) groups excluding carboxylic acids is 1. The Kier molecular flexibility index (Phi) is 27.5. The van der Waals surface area contributed by atoms with Crippen molar-refractivity contribution in [3.8, 4) is 0 Å². The van der Waals surface area contributed by atoms with Crippen molar-refractivity contribution in [1.82, 2.24) is 5.32 Å². The molecule has 0 aliphatic heterocycles. The van der Waals surface area contributed by atoms with Gasteiger partial charge in [0.25, 0.3) is 10.1 Å². The quantitative estimate of drug-likeness (QED) is 0.0513. The first-order chi connectivity index (χ1) is 20.8. The number of allylic oxidation sites excluding steroid dienone is 15. The predicted molar refractivity (Wildman–Crippen MR) is 183 cm³/mol. The van der Waals surface area contributed by atoms with Gasteiger partial charge in [0.05, 0.1) is 17.9 Å². The molecule has 0 aromatic carbocycles. The summed E-state index contributed by atoms with van der Waals surface area (Å²) in [5, 5.41) is 13.0. The van der Waals surface area contributed by atoms with E-state index in [1.54, 1.807) is 6.08 Å². The SMILES string of the molecule is CC/C=C\C/C=C\C/C=C\C/C=C\C/C=C\C/C=C\CCC(=O)NC(CS(=O)(=O)O)C(O)/C=C/CC/C=C/CCCCC. The fourth-order valence-corrected chi connectivity index (χ4v) is 4.63. The minimum Gasteiger partial charge on any atom is -0.387 e. The lowest BCUT2D eigenvalue weighted by Crippen LogP contribution is -2.46. The van der Waals surface area contributed by atoms with E-state index in [2.05, 4.69) is 92.1 Å². The Labute approximate surface area is 262 Å². The lowest BCUT2D eigenvalue weighted by atomic mass is 10.1. The molecule has 0 saturated heterocycles. The van der Waals surface area contributed by atoms with E-state index in [1.165, 1.54) is 25.3 Å². The summed E-state index contributed by atoms with van der Waals surface area (Å²) < 4.78 is 32.1. The van der Waals surface area contributed by atoms with Crippen molar-refractivity contribution in [3.63, 3.8) is 0 Å². The summed E-state index contributed by atoms with van der Waals surface area (Å²) >= 11 is 0. The zero-order valence-corrected chi connectivity index (χ0v) is 27.3. The van der Waals surface area contributed by atoms with Gasteiger partial charge in [0.2, 0.25) is 5.91 Å². The van der Waals surface area contributed by atoms with Crippen LogP contribution in [0, 0.1) is 0 Å². The van der Waals surface area contributed by atoms with Gasteiger partial charge in [0.15, 0.2) is 0 Å². The molecule has 7 heteroatoms. The van der Waals surface area contributed by atoms with E-state index in [0.717, 1.165) is 51.4 Å². The number of hydrogen-bond acceptors (Lipinski definition) is 4. The number of rotatable bonds is 26. The van der Waals surface area contributed by atoms with Crippen molar-refractivity contribution in [1.29, 1.82) is 0 Å². The smallest absolute Gasteiger partial charge is 0.267 e. The molecule has 242 valence electrons. The zero-order valence-electron chi connectivity index (χ0n) is 26.5. The maximum atomic E-state index is 12.4. The Balaban J connectivity index is 4.25. The van der Waals surface area contributed by atoms with E-state index >= 15 is 0 Å². The first-order valence-corrected chi connectivity index (χ1v) is 17.5. The number of hydrogen-bond donors (Lipinski definition) is 3. The van der Waals surface area contributed by atoms with Gasteiger partial charge < -0.3 is 10.4 Å². The molecule has 1 amide bonds. The van der Waals surface area contributed by atoms with E-state index in [-0.39, 0.29) is 12.3 Å². The fraction of sp³-hybridized carbons (Fsp3) is 0.528. The summed E-state index contributed by atoms with van der Waals surface area (Å²) in [5.74, 6) is -1.13. The van der Waals surface area contributed by atoms with Crippen LogP contribution < -0.4 is 5.32 Å². The van der Waals surface area contributed by atoms with E-state index in [4.69, 9.17) is 0 Å². The maximum Gasteiger partial charge on any atom is 0.267 e. The highest BCUT2D eigenvalue weighted by molar-refractivity contribution is 7.85. The number of aliphatic hydroxyl groups is 1. The van der Waals surface area contributed by atoms with Crippen LogP contribution in [0.15, 0.2) is 97.2 Å². The van der Waals surface area contributed by atoms with E-state index in [0.29, 0.717) is 12.8 Å². The maximum absolute atomic E-state index is 12.4. The van der Waals surface area contributed by atoms with E-state index < -0.39 is 28.0 Å². The first-order valence-electron chi connectivity index (χ1n) is 15.9. The van der Waals surface area contributed by atoms with Crippen LogP contribution in [0.25, 0.3) is 0 Å². The summed E-state index contributed by atoms with van der Waals surface area (Å²) in [6.45, 7) is 4.31. The van der Waals surface area contributed by atoms with Crippen LogP contribution >= 0.6 is 0 Å². The van der Waals surface area contributed by atoms with Gasteiger partial charge in [-0.25, -0.2) is 0 Å². The number of nitrogens with one attached hydrogen (secondary N) is 1. The van der Waals surface area contributed by atoms with Gasteiger partial charge in [-0.15, -0.1) is 0 Å². The minimum absolute atomic E-state index is 0.156. The summed E-state index contributed by atoms with van der Waals surface area (Å²) in [5.41, 5.74) is 0. The summed E-state index contributed by atoms with van der Waals surface area (Å²) in [6, 6.07) is -1.12. The van der Waals surface area contributed by atoms with Crippen molar-refractivity contribution >= 4 is 16.0 Å². The Bertz CT molecular complexity index is 1030. The van der Waals surface area contributed by atoms with Crippen LogP contribution in [0.1, 0.15) is 104 Å². The van der Waals surface area contributed by atoms with Gasteiger partial charge in [-0.3, -0.25) is 9.35 Å². The van der Waals surface area contributed by atoms with Crippen LogP contribution in [0.3, 0.4) is 0 Å². The third kappa shape index (κ3) is 30.5. The molecule has 2 unspecified atom stereocenters. The molecule has 0 aliphatic carbocycles. The van der Waals surface area contributed by atoms with Gasteiger partial charge in [-0.05, 0) is 70.6 Å². The number of aliphatic hydroxyl groups excluding tert-OH is 1. The van der Waals surface area contributed by atoms with Crippen LogP contribution in [-0.2, 0) is 14.9 Å². The molecule has 0 fully saturated rings. The molecular weight excluding hydrogens is 558 g/mol. The van der Waals surface area contributed by atoms with Gasteiger partial charge in [-0.2, -0.15) is 8.42 Å². The highest BCUT2D eigenvalue weighted by Gasteiger charge is 2.24. The standard InChI is InChI=1S/C36H57NO5S/c1-3-5-7-9-11-13-14-15-16-17-18-19-20-21-22-24-26-28-30-32-36(39)37-34(33-43(40,41)42)35(38)31-29-27-25-23-12-10-8-6-4-2/h5,7,11-13,15-16,18-19,21-23,26,28-29,31,34-35,38H,3-4,6,8-10,14,17,20,24-25,27,30,32-33H2,1-2H3,(H,37,39)(H,40,41,42)/b7-5-,13-11-,16-15-,19-18-,22-21-,23-12+,28-26-,31-29+. The molecule has 6 nitrogen and oxygen atoms in total. The van der Waals surface area contributed by atoms with Crippen LogP contribution in [-0.4, -0.2) is 41.9 Å². The van der Waals surface area contributed by atoms with Crippen LogP contribution in [0.4, 0.5) is 0 Å². The second-order valence-corrected chi connectivity index (χ2v) is 11.8. The lowest BCUT2D eigenvalue weighted by Gasteiger charge is -2.20. The fourth-order valence-electron chi connectivity index (χ4n) is 3.90. The molecule has 0 aromatic rings. The first kappa shape index (κ1) is 40.3. The lowest BCUT2D eigenvalue weighted by molar-refractivity contribution is -0.122. The van der Waals surface area contributed by atoms with Crippen LogP contribution in [0.5, 0.6) is 0 Å². The second-order valence-electron chi connectivity index (χ2n) is 10.3.